The molecular formula is C24H28ClN3O3S2. The van der Waals surface area contributed by atoms with Crippen LogP contribution in [0, 0.1) is 6.92 Å². The van der Waals surface area contributed by atoms with Gasteiger partial charge in [-0.25, -0.2) is 8.42 Å². The van der Waals surface area contributed by atoms with Gasteiger partial charge in [0.05, 0.1) is 23.5 Å². The van der Waals surface area contributed by atoms with Crippen LogP contribution in [-0.2, 0) is 10.0 Å². The van der Waals surface area contributed by atoms with Gasteiger partial charge in [-0.3, -0.25) is 4.72 Å². The zero-order valence-electron chi connectivity index (χ0n) is 19.1. The van der Waals surface area contributed by atoms with Crippen molar-refractivity contribution in [2.45, 2.75) is 37.8 Å². The predicted octanol–water partition coefficient (Wildman–Crippen LogP) is 5.37. The van der Waals surface area contributed by atoms with Crippen molar-refractivity contribution in [3.63, 3.8) is 0 Å². The minimum atomic E-state index is -3.88. The number of halogens is 1. The number of ether oxygens (including phenoxy) is 1. The van der Waals surface area contributed by atoms with Crippen LogP contribution in [0.25, 0.3) is 10.4 Å². The van der Waals surface area contributed by atoms with Crippen molar-refractivity contribution in [3.05, 3.63) is 58.4 Å². The number of aryl methyl sites for hydroxylation is 1. The molecule has 9 heteroatoms. The topological polar surface area (TPSA) is 70.7 Å². The number of piperazine rings is 1. The second-order valence-electron chi connectivity index (χ2n) is 8.50. The van der Waals surface area contributed by atoms with E-state index in [1.165, 1.54) is 0 Å². The van der Waals surface area contributed by atoms with Crippen molar-refractivity contribution in [1.29, 1.82) is 0 Å². The maximum atomic E-state index is 13.2. The molecule has 176 valence electrons. The number of hydrogen-bond acceptors (Lipinski definition) is 6. The monoisotopic (exact) mass is 505 g/mol. The molecule has 0 aliphatic carbocycles. The molecule has 0 radical (unpaired) electrons. The number of benzene rings is 2. The molecule has 2 heterocycles. The van der Waals surface area contributed by atoms with Gasteiger partial charge >= 0.3 is 0 Å². The molecule has 0 amide bonds. The van der Waals surface area contributed by atoms with Gasteiger partial charge in [0, 0.05) is 30.1 Å². The van der Waals surface area contributed by atoms with E-state index >= 15 is 0 Å². The van der Waals surface area contributed by atoms with Gasteiger partial charge in [0.15, 0.2) is 0 Å². The summed E-state index contributed by atoms with van der Waals surface area (Å²) >= 11 is 8.02. The van der Waals surface area contributed by atoms with E-state index in [0.29, 0.717) is 23.5 Å². The summed E-state index contributed by atoms with van der Waals surface area (Å²) in [4.78, 5) is 3.31. The minimum Gasteiger partial charge on any atom is -0.495 e. The molecule has 1 fully saturated rings. The number of rotatable bonds is 6. The van der Waals surface area contributed by atoms with Crippen LogP contribution in [0.3, 0.4) is 0 Å². The molecule has 1 aliphatic heterocycles. The zero-order valence-corrected chi connectivity index (χ0v) is 21.4. The number of nitrogens with zero attached hydrogens (tertiary/aromatic N) is 1. The molecule has 2 atom stereocenters. The molecule has 3 aromatic rings. The van der Waals surface area contributed by atoms with Crippen LogP contribution >= 0.6 is 22.9 Å². The molecule has 1 saturated heterocycles. The van der Waals surface area contributed by atoms with Gasteiger partial charge in [-0.15, -0.1) is 11.3 Å². The van der Waals surface area contributed by atoms with Crippen LogP contribution in [0.2, 0.25) is 5.02 Å². The fourth-order valence-electron chi connectivity index (χ4n) is 4.19. The SMILES string of the molecule is COc1ccc(NS(=O)(=O)c2ccc(-c3cc(C)cs3)cc2Cl)cc1N1C[C@@H](C)N[C@@H](C)C1. The highest BCUT2D eigenvalue weighted by atomic mass is 35.5. The van der Waals surface area contributed by atoms with E-state index in [-0.39, 0.29) is 9.92 Å². The van der Waals surface area contributed by atoms with Crippen molar-refractivity contribution in [3.8, 4) is 16.2 Å². The summed E-state index contributed by atoms with van der Waals surface area (Å²) in [6, 6.07) is 13.0. The van der Waals surface area contributed by atoms with Gasteiger partial charge in [-0.1, -0.05) is 17.7 Å². The number of thiophene rings is 1. The number of nitrogens with one attached hydrogen (secondary N) is 2. The predicted molar refractivity (Wildman–Crippen MR) is 138 cm³/mol. The summed E-state index contributed by atoms with van der Waals surface area (Å²) in [5.74, 6) is 0.702. The Hall–Kier alpha value is -2.26. The van der Waals surface area contributed by atoms with E-state index in [4.69, 9.17) is 16.3 Å². The van der Waals surface area contributed by atoms with E-state index in [1.807, 2.05) is 13.0 Å². The van der Waals surface area contributed by atoms with Crippen molar-refractivity contribution in [2.75, 3.05) is 29.8 Å². The standard InChI is InChI=1S/C24H28ClN3O3S2/c1-15-9-23(32-14-15)18-5-8-24(20(25)10-18)33(29,30)27-19-6-7-22(31-4)21(11-19)28-12-16(2)26-17(3)13-28/h5-11,14,16-17,26-27H,12-13H2,1-4H3/t16-,17+. The lowest BCUT2D eigenvalue weighted by molar-refractivity contribution is 0.391. The molecule has 0 unspecified atom stereocenters. The molecular weight excluding hydrogens is 478 g/mol. The van der Waals surface area contributed by atoms with Gasteiger partial charge in [0.2, 0.25) is 0 Å². The summed E-state index contributed by atoms with van der Waals surface area (Å²) in [6.07, 6.45) is 0. The lowest BCUT2D eigenvalue weighted by Gasteiger charge is -2.38. The molecule has 2 N–H and O–H groups in total. The summed E-state index contributed by atoms with van der Waals surface area (Å²) < 4.78 is 34.6. The second-order valence-corrected chi connectivity index (χ2v) is 11.5. The van der Waals surface area contributed by atoms with Gasteiger partial charge < -0.3 is 15.0 Å². The molecule has 0 bridgehead atoms. The van der Waals surface area contributed by atoms with Gasteiger partial charge in [-0.2, -0.15) is 0 Å². The summed E-state index contributed by atoms with van der Waals surface area (Å²) in [7, 11) is -2.26. The Morgan fingerprint density at radius 1 is 1.12 bits per heavy atom. The Kier molecular flexibility index (Phi) is 6.91. The fourth-order valence-corrected chi connectivity index (χ4v) is 6.68. The van der Waals surface area contributed by atoms with Crippen LogP contribution in [0.1, 0.15) is 19.4 Å². The molecule has 0 saturated carbocycles. The van der Waals surface area contributed by atoms with E-state index in [0.717, 1.165) is 34.8 Å². The highest BCUT2D eigenvalue weighted by Gasteiger charge is 2.25. The molecule has 2 aromatic carbocycles. The molecule has 33 heavy (non-hydrogen) atoms. The molecule has 6 nitrogen and oxygen atoms in total. The van der Waals surface area contributed by atoms with Crippen molar-refractivity contribution < 1.29 is 13.2 Å². The average molecular weight is 506 g/mol. The van der Waals surface area contributed by atoms with E-state index in [2.05, 4.69) is 40.2 Å². The van der Waals surface area contributed by atoms with Crippen LogP contribution in [0.5, 0.6) is 5.75 Å². The van der Waals surface area contributed by atoms with Crippen LogP contribution in [-0.4, -0.2) is 40.7 Å². The Bertz CT molecular complexity index is 1250. The van der Waals surface area contributed by atoms with Crippen molar-refractivity contribution >= 4 is 44.3 Å². The van der Waals surface area contributed by atoms with Gasteiger partial charge in [-0.05, 0) is 73.7 Å². The number of methoxy groups -OCH3 is 1. The second kappa shape index (κ2) is 9.54. The van der Waals surface area contributed by atoms with E-state index in [1.54, 1.807) is 48.8 Å². The lowest BCUT2D eigenvalue weighted by atomic mass is 10.1. The first-order valence-electron chi connectivity index (χ1n) is 10.7. The summed E-state index contributed by atoms with van der Waals surface area (Å²) in [5, 5.41) is 5.74. The fraction of sp³-hybridized carbons (Fsp3) is 0.333. The Morgan fingerprint density at radius 3 is 2.45 bits per heavy atom. The first-order valence-corrected chi connectivity index (χ1v) is 13.5. The third kappa shape index (κ3) is 5.30. The summed E-state index contributed by atoms with van der Waals surface area (Å²) in [5.41, 5.74) is 3.37. The van der Waals surface area contributed by atoms with Crippen molar-refractivity contribution in [2.24, 2.45) is 0 Å². The smallest absolute Gasteiger partial charge is 0.263 e. The van der Waals surface area contributed by atoms with Gasteiger partial charge in [0.1, 0.15) is 10.6 Å². The highest BCUT2D eigenvalue weighted by Crippen LogP contribution is 2.35. The Balaban J connectivity index is 1.62. The average Bonchev–Trinajstić information content (AvgIpc) is 3.19. The van der Waals surface area contributed by atoms with E-state index < -0.39 is 10.0 Å². The third-order valence-electron chi connectivity index (χ3n) is 5.57. The number of anilines is 2. The maximum Gasteiger partial charge on any atom is 0.263 e. The minimum absolute atomic E-state index is 0.0444. The molecule has 4 rings (SSSR count). The normalized spacial score (nSPS) is 18.9. The first kappa shape index (κ1) is 23.9. The first-order chi connectivity index (χ1) is 15.7. The Morgan fingerprint density at radius 2 is 1.85 bits per heavy atom. The Labute approximate surface area is 204 Å². The zero-order chi connectivity index (χ0) is 23.8. The molecule has 1 aromatic heterocycles. The van der Waals surface area contributed by atoms with Crippen molar-refractivity contribution in [1.82, 2.24) is 5.32 Å². The lowest BCUT2D eigenvalue weighted by Crippen LogP contribution is -2.54. The highest BCUT2D eigenvalue weighted by molar-refractivity contribution is 7.92. The third-order valence-corrected chi connectivity index (χ3v) is 8.53. The molecule has 1 aliphatic rings. The van der Waals surface area contributed by atoms with Crippen LogP contribution < -0.4 is 19.7 Å². The maximum absolute atomic E-state index is 13.2. The molecule has 0 spiro atoms. The largest absolute Gasteiger partial charge is 0.495 e. The number of hydrogen-bond donors (Lipinski definition) is 2. The van der Waals surface area contributed by atoms with Crippen LogP contribution in [0.15, 0.2) is 52.7 Å². The summed E-state index contributed by atoms with van der Waals surface area (Å²) in [6.45, 7) is 7.88. The van der Waals surface area contributed by atoms with E-state index in [9.17, 15) is 8.42 Å². The van der Waals surface area contributed by atoms with Gasteiger partial charge in [0.25, 0.3) is 10.0 Å². The number of sulfonamides is 1. The van der Waals surface area contributed by atoms with Crippen LogP contribution in [0.4, 0.5) is 11.4 Å². The quantitative estimate of drug-likeness (QED) is 0.471.